The number of hydrogen-bond donors (Lipinski definition) is 2. The molecule has 0 spiro atoms. The molecule has 1 aromatic heterocycles. The number of imidazole rings is 1. The van der Waals surface area contributed by atoms with Crippen molar-refractivity contribution < 1.29 is 18.8 Å². The summed E-state index contributed by atoms with van der Waals surface area (Å²) in [6.07, 6.45) is 9.68. The number of aliphatic hydroxyl groups is 1. The lowest BCUT2D eigenvalue weighted by Gasteiger charge is -2.49. The third kappa shape index (κ3) is 6.47. The summed E-state index contributed by atoms with van der Waals surface area (Å²) in [5, 5.41) is 13.1. The third-order valence-electron chi connectivity index (χ3n) is 10.8. The monoisotopic (exact) mass is 666 g/mol. The molecular weight excluding hydrogens is 620 g/mol. The van der Waals surface area contributed by atoms with Gasteiger partial charge in [-0.15, -0.1) is 0 Å². The van der Waals surface area contributed by atoms with Crippen molar-refractivity contribution in [1.82, 2.24) is 14.3 Å². The van der Waals surface area contributed by atoms with Crippen LogP contribution in [-0.4, -0.2) is 49.7 Å². The Balaban J connectivity index is 1.42. The van der Waals surface area contributed by atoms with Crippen molar-refractivity contribution in [3.8, 4) is 5.75 Å². The molecule has 0 radical (unpaired) electrons. The van der Waals surface area contributed by atoms with Crippen molar-refractivity contribution in [3.05, 3.63) is 76.3 Å². The van der Waals surface area contributed by atoms with Gasteiger partial charge >= 0.3 is 0 Å². The number of carbonyl (C=O) groups is 1. The highest BCUT2D eigenvalue weighted by Gasteiger charge is 2.50. The van der Waals surface area contributed by atoms with E-state index < -0.39 is 16.6 Å². The van der Waals surface area contributed by atoms with E-state index in [1.165, 1.54) is 11.1 Å². The summed E-state index contributed by atoms with van der Waals surface area (Å²) in [7, 11) is 0.398. The van der Waals surface area contributed by atoms with Crippen LogP contribution < -0.4 is 14.4 Å². The van der Waals surface area contributed by atoms with Crippen molar-refractivity contribution in [2.75, 3.05) is 24.6 Å². The summed E-state index contributed by atoms with van der Waals surface area (Å²) >= 11 is 6.44. The highest BCUT2D eigenvalue weighted by atomic mass is 35.5. The predicted octanol–water partition coefficient (Wildman–Crippen LogP) is 6.52. The van der Waals surface area contributed by atoms with Crippen molar-refractivity contribution >= 4 is 34.2 Å². The fraction of sp³-hybridized carbons (Fsp3) is 0.556. The molecule has 7 atom stereocenters. The Morgan fingerprint density at radius 2 is 1.98 bits per heavy atom. The van der Waals surface area contributed by atoms with Gasteiger partial charge in [0.1, 0.15) is 28.2 Å². The van der Waals surface area contributed by atoms with Gasteiger partial charge < -0.3 is 19.3 Å². The molecule has 6 unspecified atom stereocenters. The average molecular weight is 667 g/mol. The Bertz CT molecular complexity index is 1600. The molecule has 1 saturated carbocycles. The smallest absolute Gasteiger partial charge is 0.263 e. The second-order valence-electron chi connectivity index (χ2n) is 13.7. The highest BCUT2D eigenvalue weighted by Crippen LogP contribution is 2.50. The minimum Gasteiger partial charge on any atom is -0.491 e. The average Bonchev–Trinajstić information content (AvgIpc) is 3.37. The molecular formula is C36H47ClN4O4S. The molecule has 8 nitrogen and oxygen atoms in total. The summed E-state index contributed by atoms with van der Waals surface area (Å²) < 4.78 is 24.5. The molecule has 46 heavy (non-hydrogen) atoms. The zero-order valence-electron chi connectivity index (χ0n) is 27.4. The number of amides is 1. The second kappa shape index (κ2) is 13.7. The van der Waals surface area contributed by atoms with Crippen molar-refractivity contribution in [2.24, 2.45) is 24.8 Å². The zero-order chi connectivity index (χ0) is 32.6. The number of aryl methyl sites for hydroxylation is 2. The number of halogens is 1. The summed E-state index contributed by atoms with van der Waals surface area (Å²) in [6.45, 7) is 8.08. The van der Waals surface area contributed by atoms with Crippen LogP contribution in [-0.2, 0) is 30.1 Å². The largest absolute Gasteiger partial charge is 0.491 e. The molecule has 3 aliphatic rings. The molecule has 2 bridgehead atoms. The van der Waals surface area contributed by atoms with Crippen LogP contribution in [0.5, 0.6) is 5.75 Å². The lowest BCUT2D eigenvalue weighted by atomic mass is 9.62. The summed E-state index contributed by atoms with van der Waals surface area (Å²) in [5.74, 6) is 1.53. The maximum absolute atomic E-state index is 13.4. The first-order valence-corrected chi connectivity index (χ1v) is 18.4. The van der Waals surface area contributed by atoms with Crippen molar-refractivity contribution in [1.29, 1.82) is 0 Å². The van der Waals surface area contributed by atoms with Gasteiger partial charge in [0.25, 0.3) is 5.91 Å². The zero-order valence-corrected chi connectivity index (χ0v) is 28.9. The van der Waals surface area contributed by atoms with Crippen molar-refractivity contribution in [2.45, 2.75) is 82.5 Å². The van der Waals surface area contributed by atoms with Gasteiger partial charge in [-0.2, -0.15) is 0 Å². The van der Waals surface area contributed by atoms with E-state index >= 15 is 0 Å². The SMILES string of the molecule is CCCc1cc(Cl)ccc1C1COc2ccc3cc2N(C1)CC1CCC1[C@](O)(c1nccn1C)CCCC(C)C(C)S(=O)NC3=O. The molecule has 2 aliphatic heterocycles. The van der Waals surface area contributed by atoms with Gasteiger partial charge in [0.15, 0.2) is 0 Å². The van der Waals surface area contributed by atoms with E-state index in [1.54, 1.807) is 12.3 Å². The van der Waals surface area contributed by atoms with Crippen LogP contribution in [0.3, 0.4) is 0 Å². The Kier molecular flexibility index (Phi) is 9.83. The normalized spacial score (nSPS) is 30.4. The van der Waals surface area contributed by atoms with Gasteiger partial charge in [0.05, 0.1) is 17.5 Å². The van der Waals surface area contributed by atoms with Gasteiger partial charge in [-0.05, 0) is 105 Å². The molecule has 6 rings (SSSR count). The molecule has 1 aliphatic carbocycles. The molecule has 3 heterocycles. The highest BCUT2D eigenvalue weighted by molar-refractivity contribution is 7.84. The fourth-order valence-electron chi connectivity index (χ4n) is 7.78. The minimum absolute atomic E-state index is 0.0344. The predicted molar refractivity (Wildman–Crippen MR) is 184 cm³/mol. The van der Waals surface area contributed by atoms with Gasteiger partial charge in [-0.25, -0.2) is 9.19 Å². The fourth-order valence-corrected chi connectivity index (χ4v) is 9.02. The molecule has 248 valence electrons. The van der Waals surface area contributed by atoms with Crippen LogP contribution in [0.4, 0.5) is 5.69 Å². The number of fused-ring (bicyclic) bond motifs is 2. The summed E-state index contributed by atoms with van der Waals surface area (Å²) in [6, 6.07) is 11.7. The summed E-state index contributed by atoms with van der Waals surface area (Å²) in [5.41, 5.74) is 2.70. The number of hydrogen-bond acceptors (Lipinski definition) is 6. The molecule has 3 aromatic rings. The van der Waals surface area contributed by atoms with Gasteiger partial charge in [-0.3, -0.25) is 9.52 Å². The third-order valence-corrected chi connectivity index (χ3v) is 12.5. The van der Waals surface area contributed by atoms with Gasteiger partial charge in [0, 0.05) is 49.0 Å². The van der Waals surface area contributed by atoms with E-state index in [1.807, 2.05) is 42.9 Å². The second-order valence-corrected chi connectivity index (χ2v) is 15.7. The lowest BCUT2D eigenvalue weighted by Crippen LogP contribution is -2.50. The van der Waals surface area contributed by atoms with E-state index in [9.17, 15) is 14.1 Å². The number of nitrogens with zero attached hydrogens (tertiary/aromatic N) is 3. The first-order valence-electron chi connectivity index (χ1n) is 16.8. The molecule has 2 N–H and O–H groups in total. The quantitative estimate of drug-likeness (QED) is 0.329. The first-order chi connectivity index (χ1) is 22.1. The lowest BCUT2D eigenvalue weighted by molar-refractivity contribution is -0.102. The van der Waals surface area contributed by atoms with Gasteiger partial charge in [-0.1, -0.05) is 37.9 Å². The standard InChI is InChI=1S/C36H47ClN4O4S/c1-5-7-25-18-29(37)11-12-30(25)28-21-41-20-27-9-13-31(27)36(43,35-38-16-17-40(35)4)15-6-8-23(2)24(3)46(44)39-34(42)26-10-14-33(45-22-28)32(41)19-26/h10-12,14,16-19,23-24,27-28,31,43H,5-9,13,15,20-22H2,1-4H3,(H,39,42)/t23?,24?,27?,28?,31?,36-,46?/m0/s1. The summed E-state index contributed by atoms with van der Waals surface area (Å²) in [4.78, 5) is 20.5. The van der Waals surface area contributed by atoms with E-state index in [0.717, 1.165) is 55.0 Å². The first kappa shape index (κ1) is 33.0. The number of carbonyl (C=O) groups excluding carboxylic acids is 1. The van der Waals surface area contributed by atoms with Crippen LogP contribution in [0, 0.1) is 17.8 Å². The van der Waals surface area contributed by atoms with Crippen LogP contribution in [0.15, 0.2) is 48.8 Å². The molecule has 1 fully saturated rings. The van der Waals surface area contributed by atoms with E-state index in [-0.39, 0.29) is 34.8 Å². The topological polar surface area (TPSA) is 96.7 Å². The Morgan fingerprint density at radius 1 is 1.15 bits per heavy atom. The Hall–Kier alpha value is -2.88. The number of ether oxygens (including phenoxy) is 1. The maximum atomic E-state index is 13.4. The van der Waals surface area contributed by atoms with E-state index in [2.05, 4.69) is 40.6 Å². The van der Waals surface area contributed by atoms with Crippen LogP contribution in [0.2, 0.25) is 5.02 Å². The van der Waals surface area contributed by atoms with E-state index in [0.29, 0.717) is 37.5 Å². The Morgan fingerprint density at radius 3 is 2.70 bits per heavy atom. The number of aromatic nitrogens is 2. The minimum atomic E-state index is -1.56. The number of nitrogens with one attached hydrogen (secondary N) is 1. The molecule has 2 aromatic carbocycles. The van der Waals surface area contributed by atoms with Gasteiger partial charge in [0.2, 0.25) is 0 Å². The van der Waals surface area contributed by atoms with E-state index in [4.69, 9.17) is 16.3 Å². The van der Waals surface area contributed by atoms with Crippen molar-refractivity contribution in [3.63, 3.8) is 0 Å². The van der Waals surface area contributed by atoms with Crippen LogP contribution >= 0.6 is 11.6 Å². The number of anilines is 1. The molecule has 1 amide bonds. The number of benzene rings is 2. The van der Waals surface area contributed by atoms with Crippen LogP contribution in [0.25, 0.3) is 0 Å². The molecule has 10 heteroatoms. The maximum Gasteiger partial charge on any atom is 0.263 e. The van der Waals surface area contributed by atoms with Crippen LogP contribution in [0.1, 0.15) is 92.5 Å². The molecule has 0 saturated heterocycles. The Labute approximate surface area is 280 Å². The number of rotatable bonds is 4.